The average molecular weight is 487 g/mol. The summed E-state index contributed by atoms with van der Waals surface area (Å²) in [4.78, 5) is 20.3. The van der Waals surface area contributed by atoms with Crippen molar-refractivity contribution in [3.63, 3.8) is 0 Å². The van der Waals surface area contributed by atoms with Crippen molar-refractivity contribution < 1.29 is 18.8 Å². The van der Waals surface area contributed by atoms with Gasteiger partial charge in [0.2, 0.25) is 0 Å². The second-order valence-corrected chi connectivity index (χ2v) is 7.44. The number of Topliss-reactive ketones (excluding diaryl/α,β-unsaturated/α-hetero) is 1. The van der Waals surface area contributed by atoms with E-state index < -0.39 is 0 Å². The van der Waals surface area contributed by atoms with Crippen LogP contribution < -0.4 is 20.6 Å². The maximum Gasteiger partial charge on any atom is 0.259 e. The monoisotopic (exact) mass is 486 g/mol. The van der Waals surface area contributed by atoms with Crippen LogP contribution in [0.4, 0.5) is 5.69 Å². The van der Waals surface area contributed by atoms with Gasteiger partial charge in [-0.2, -0.15) is 4.98 Å². The van der Waals surface area contributed by atoms with Crippen LogP contribution in [0.15, 0.2) is 39.7 Å². The summed E-state index contributed by atoms with van der Waals surface area (Å²) < 4.78 is 16.6. The number of halogens is 1. The molecule has 31 heavy (non-hydrogen) atoms. The van der Waals surface area contributed by atoms with E-state index in [1.165, 1.54) is 0 Å². The molecule has 0 radical (unpaired) electrons. The summed E-state index contributed by atoms with van der Waals surface area (Å²) in [6.45, 7) is 7.47. The number of anilines is 1. The van der Waals surface area contributed by atoms with Crippen molar-refractivity contribution in [3.05, 3.63) is 57.1 Å². The van der Waals surface area contributed by atoms with Crippen LogP contribution in [0, 0.1) is 6.92 Å². The van der Waals surface area contributed by atoms with Crippen molar-refractivity contribution in [2.75, 3.05) is 26.1 Å². The minimum Gasteiger partial charge on any atom is -0.497 e. The second-order valence-electron chi connectivity index (χ2n) is 6.59. The molecule has 162 valence electrons. The number of benzene rings is 1. The summed E-state index contributed by atoms with van der Waals surface area (Å²) in [5.74, 6) is 1.87. The molecule has 0 atom stereocenters. The molecule has 0 bridgehead atoms. The fourth-order valence-electron chi connectivity index (χ4n) is 3.03. The molecule has 0 amide bonds. The van der Waals surface area contributed by atoms with Gasteiger partial charge in [0.15, 0.2) is 11.6 Å². The quantitative estimate of drug-likeness (QED) is 0.372. The highest BCUT2D eigenvalue weighted by Gasteiger charge is 2.17. The molecule has 9 heteroatoms. The number of carbonyl (C=O) groups is 1. The van der Waals surface area contributed by atoms with Crippen LogP contribution >= 0.6 is 15.9 Å². The number of H-pyrrole nitrogens is 1. The van der Waals surface area contributed by atoms with Gasteiger partial charge in [0.25, 0.3) is 5.89 Å². The Morgan fingerprint density at radius 1 is 1.39 bits per heavy atom. The summed E-state index contributed by atoms with van der Waals surface area (Å²) in [6.07, 6.45) is 5.30. The first-order chi connectivity index (χ1) is 14.9. The van der Waals surface area contributed by atoms with Gasteiger partial charge in [0.1, 0.15) is 11.5 Å². The number of allylic oxidation sites excluding steroid dienone is 1. The van der Waals surface area contributed by atoms with Crippen molar-refractivity contribution in [1.82, 2.24) is 15.1 Å². The van der Waals surface area contributed by atoms with Crippen molar-refractivity contribution in [2.45, 2.75) is 13.8 Å². The highest BCUT2D eigenvalue weighted by atomic mass is 79.9. The van der Waals surface area contributed by atoms with Crippen LogP contribution in [-0.2, 0) is 4.74 Å². The molecule has 0 spiro atoms. The number of methoxy groups -OCH3 is 2. The first-order valence-electron chi connectivity index (χ1n) is 9.41. The van der Waals surface area contributed by atoms with Crippen molar-refractivity contribution in [2.24, 2.45) is 0 Å². The van der Waals surface area contributed by atoms with Crippen LogP contribution in [0.25, 0.3) is 23.6 Å². The Balaban J connectivity index is 1.88. The maximum atomic E-state index is 12.9. The molecule has 3 rings (SSSR count). The molecule has 0 saturated heterocycles. The number of rotatable bonds is 8. The zero-order chi connectivity index (χ0) is 22.5. The largest absolute Gasteiger partial charge is 0.497 e. The van der Waals surface area contributed by atoms with Crippen LogP contribution in [-0.4, -0.2) is 41.7 Å². The summed E-state index contributed by atoms with van der Waals surface area (Å²) in [6, 6.07) is 3.58. The van der Waals surface area contributed by atoms with Gasteiger partial charge in [-0.1, -0.05) is 17.8 Å². The third-order valence-corrected chi connectivity index (χ3v) is 5.25. The maximum absolute atomic E-state index is 12.9. The van der Waals surface area contributed by atoms with E-state index >= 15 is 0 Å². The van der Waals surface area contributed by atoms with E-state index in [1.807, 2.05) is 13.0 Å². The molecule has 3 aromatic rings. The summed E-state index contributed by atoms with van der Waals surface area (Å²) in [7, 11) is 3.11. The summed E-state index contributed by atoms with van der Waals surface area (Å²) >= 11 is 3.50. The Bertz CT molecular complexity index is 1240. The number of nitrogens with zero attached hydrogens (tertiary/aromatic N) is 2. The standard InChI is InChI=1S/C22H23BrN4O4/c1-6-14-16(10-24-18(14)7-12(2)29-4)20(28)11-25-19-8-15(17(23)9-21(19)30-5)22-26-13(3)27-31-22/h6-10,24-25H,2,11H2,1,3-5H3/b14-6-,18-7+. The van der Waals surface area contributed by atoms with Crippen molar-refractivity contribution >= 4 is 39.6 Å². The lowest BCUT2D eigenvalue weighted by molar-refractivity contribution is 0.101. The highest BCUT2D eigenvalue weighted by Crippen LogP contribution is 2.36. The third-order valence-electron chi connectivity index (χ3n) is 4.60. The Morgan fingerprint density at radius 2 is 2.16 bits per heavy atom. The predicted molar refractivity (Wildman–Crippen MR) is 122 cm³/mol. The zero-order valence-electron chi connectivity index (χ0n) is 17.7. The minimum absolute atomic E-state index is 0.0592. The lowest BCUT2D eigenvalue weighted by Crippen LogP contribution is -2.29. The molecule has 2 N–H and O–H groups in total. The Labute approximate surface area is 187 Å². The predicted octanol–water partition coefficient (Wildman–Crippen LogP) is 3.18. The van der Waals surface area contributed by atoms with Gasteiger partial charge >= 0.3 is 0 Å². The number of aromatic nitrogens is 3. The van der Waals surface area contributed by atoms with E-state index in [0.717, 1.165) is 15.0 Å². The Hall–Kier alpha value is -3.33. The van der Waals surface area contributed by atoms with Gasteiger partial charge in [0, 0.05) is 32.9 Å². The third kappa shape index (κ3) is 4.88. The molecule has 2 aromatic heterocycles. The number of carbonyl (C=O) groups excluding carboxylic acids is 1. The number of aromatic amines is 1. The minimum atomic E-state index is -0.0906. The molecule has 0 fully saturated rings. The number of hydrogen-bond acceptors (Lipinski definition) is 7. The molecule has 0 aliphatic carbocycles. The number of ether oxygens (including phenoxy) is 2. The lowest BCUT2D eigenvalue weighted by Gasteiger charge is -2.13. The van der Waals surface area contributed by atoms with Gasteiger partial charge in [-0.15, -0.1) is 0 Å². The smallest absolute Gasteiger partial charge is 0.259 e. The zero-order valence-corrected chi connectivity index (χ0v) is 19.3. The van der Waals surface area contributed by atoms with Crippen LogP contribution in [0.5, 0.6) is 5.75 Å². The van der Waals surface area contributed by atoms with E-state index in [4.69, 9.17) is 14.0 Å². The molecule has 2 heterocycles. The molecular formula is C22H23BrN4O4. The van der Waals surface area contributed by atoms with E-state index in [1.54, 1.807) is 45.5 Å². The van der Waals surface area contributed by atoms with Crippen LogP contribution in [0.3, 0.4) is 0 Å². The molecular weight excluding hydrogens is 464 g/mol. The van der Waals surface area contributed by atoms with Crippen molar-refractivity contribution in [3.8, 4) is 17.2 Å². The van der Waals surface area contributed by atoms with E-state index in [9.17, 15) is 4.79 Å². The van der Waals surface area contributed by atoms with E-state index in [-0.39, 0.29) is 12.3 Å². The number of nitrogens with one attached hydrogen (secondary N) is 2. The van der Waals surface area contributed by atoms with Gasteiger partial charge in [0.05, 0.1) is 32.0 Å². The van der Waals surface area contributed by atoms with Gasteiger partial charge in [-0.25, -0.2) is 0 Å². The first kappa shape index (κ1) is 22.4. The van der Waals surface area contributed by atoms with Gasteiger partial charge in [-0.05, 0) is 41.9 Å². The normalized spacial score (nSPS) is 12.2. The average Bonchev–Trinajstić information content (AvgIpc) is 3.37. The molecule has 0 aliphatic heterocycles. The number of hydrogen-bond donors (Lipinski definition) is 2. The number of ketones is 1. The van der Waals surface area contributed by atoms with Crippen LogP contribution in [0.1, 0.15) is 23.1 Å². The fourth-order valence-corrected chi connectivity index (χ4v) is 3.53. The molecule has 8 nitrogen and oxygen atoms in total. The molecule has 0 saturated carbocycles. The molecule has 1 aromatic carbocycles. The van der Waals surface area contributed by atoms with E-state index in [0.29, 0.717) is 40.0 Å². The summed E-state index contributed by atoms with van der Waals surface area (Å²) in [5.41, 5.74) is 1.88. The topological polar surface area (TPSA) is 102 Å². The van der Waals surface area contributed by atoms with Gasteiger partial charge < -0.3 is 24.3 Å². The van der Waals surface area contributed by atoms with Crippen LogP contribution in [0.2, 0.25) is 0 Å². The summed E-state index contributed by atoms with van der Waals surface area (Å²) in [5, 5.41) is 8.53. The van der Waals surface area contributed by atoms with E-state index in [2.05, 4.69) is 43.0 Å². The SMILES string of the molecule is C=C(/C=c1/[nH]cc(C(=O)CNc2cc(-c3nc(C)no3)c(Br)cc2OC)/c1=C/C)OC. The van der Waals surface area contributed by atoms with Crippen molar-refractivity contribution in [1.29, 1.82) is 0 Å². The Morgan fingerprint density at radius 3 is 2.77 bits per heavy atom. The fraction of sp³-hybridized carbons (Fsp3) is 0.227. The second kappa shape index (κ2) is 9.65. The first-order valence-corrected chi connectivity index (χ1v) is 10.2. The highest BCUT2D eigenvalue weighted by molar-refractivity contribution is 9.10. The van der Waals surface area contributed by atoms with Gasteiger partial charge in [-0.3, -0.25) is 4.79 Å². The lowest BCUT2D eigenvalue weighted by atomic mass is 10.1. The number of aryl methyl sites for hydroxylation is 1. The molecule has 0 aliphatic rings. The molecule has 0 unspecified atom stereocenters. The Kier molecular flexibility index (Phi) is 6.96.